The van der Waals surface area contributed by atoms with Gasteiger partial charge < -0.3 is 20.7 Å². The third-order valence-corrected chi connectivity index (χ3v) is 3.18. The summed E-state index contributed by atoms with van der Waals surface area (Å²) in [7, 11) is 1.82. The van der Waals surface area contributed by atoms with Gasteiger partial charge >= 0.3 is 0 Å². The molecule has 0 atom stereocenters. The topological polar surface area (TPSA) is 76.3 Å². The summed E-state index contributed by atoms with van der Waals surface area (Å²) in [6.07, 6.45) is 0. The Morgan fingerprint density at radius 3 is 2.75 bits per heavy atom. The van der Waals surface area contributed by atoms with Crippen molar-refractivity contribution in [2.75, 3.05) is 49.3 Å². The summed E-state index contributed by atoms with van der Waals surface area (Å²) in [5.41, 5.74) is 6.04. The van der Waals surface area contributed by atoms with E-state index >= 15 is 0 Å². The van der Waals surface area contributed by atoms with Crippen LogP contribution in [0.15, 0.2) is 6.07 Å². The van der Waals surface area contributed by atoms with Crippen molar-refractivity contribution in [1.82, 2.24) is 9.97 Å². The fourth-order valence-corrected chi connectivity index (χ4v) is 2.24. The number of nitrogens with one attached hydrogen (secondary N) is 1. The molecule has 3 heterocycles. The van der Waals surface area contributed by atoms with Gasteiger partial charge in [0.2, 0.25) is 5.95 Å². The Kier molecular flexibility index (Phi) is 1.94. The summed E-state index contributed by atoms with van der Waals surface area (Å²) < 4.78 is 5.24. The van der Waals surface area contributed by atoms with E-state index in [1.165, 1.54) is 0 Å². The minimum absolute atomic E-state index is 0.313. The molecule has 1 aromatic rings. The molecule has 0 radical (unpaired) electrons. The monoisotopic (exact) mass is 221 g/mol. The molecule has 2 saturated heterocycles. The number of aromatic nitrogens is 2. The lowest BCUT2D eigenvalue weighted by Gasteiger charge is -2.55. The molecule has 2 aliphatic heterocycles. The number of hydrogen-bond acceptors (Lipinski definition) is 6. The van der Waals surface area contributed by atoms with Gasteiger partial charge in [0, 0.05) is 26.2 Å². The van der Waals surface area contributed by atoms with Gasteiger partial charge in [-0.05, 0) is 0 Å². The van der Waals surface area contributed by atoms with E-state index in [1.54, 1.807) is 0 Å². The predicted octanol–water partition coefficient (Wildman–Crippen LogP) is -0.0629. The van der Waals surface area contributed by atoms with Gasteiger partial charge in [0.25, 0.3) is 0 Å². The van der Waals surface area contributed by atoms with Crippen LogP contribution >= 0.6 is 0 Å². The van der Waals surface area contributed by atoms with Crippen LogP contribution in [0.2, 0.25) is 0 Å². The zero-order valence-corrected chi connectivity index (χ0v) is 9.23. The van der Waals surface area contributed by atoms with E-state index < -0.39 is 0 Å². The van der Waals surface area contributed by atoms with Crippen LogP contribution in [0.3, 0.4) is 0 Å². The Morgan fingerprint density at radius 2 is 2.19 bits per heavy atom. The molecule has 1 spiro atoms. The molecular formula is C10H15N5O. The molecule has 86 valence electrons. The highest BCUT2D eigenvalue weighted by molar-refractivity contribution is 5.54. The second-order valence-corrected chi connectivity index (χ2v) is 4.57. The third kappa shape index (κ3) is 1.37. The molecule has 2 fully saturated rings. The highest BCUT2D eigenvalue weighted by Gasteiger charge is 2.49. The molecule has 3 rings (SSSR count). The van der Waals surface area contributed by atoms with Gasteiger partial charge in [-0.3, -0.25) is 0 Å². The van der Waals surface area contributed by atoms with Crippen molar-refractivity contribution in [2.45, 2.75) is 0 Å². The maximum Gasteiger partial charge on any atom is 0.223 e. The molecular weight excluding hydrogens is 206 g/mol. The van der Waals surface area contributed by atoms with E-state index in [1.807, 2.05) is 13.1 Å². The average Bonchev–Trinajstić information content (AvgIpc) is 2.12. The van der Waals surface area contributed by atoms with Gasteiger partial charge in [0.1, 0.15) is 11.6 Å². The lowest BCUT2D eigenvalue weighted by molar-refractivity contribution is -0.127. The van der Waals surface area contributed by atoms with E-state index in [2.05, 4.69) is 20.2 Å². The molecule has 6 nitrogen and oxygen atoms in total. The van der Waals surface area contributed by atoms with Gasteiger partial charge in [0.15, 0.2) is 0 Å². The second kappa shape index (κ2) is 3.21. The van der Waals surface area contributed by atoms with Gasteiger partial charge in [0.05, 0.1) is 18.6 Å². The van der Waals surface area contributed by atoms with Crippen molar-refractivity contribution >= 4 is 17.6 Å². The Balaban J connectivity index is 1.77. The Bertz CT molecular complexity index is 410. The van der Waals surface area contributed by atoms with Crippen molar-refractivity contribution in [1.29, 1.82) is 0 Å². The Labute approximate surface area is 93.8 Å². The van der Waals surface area contributed by atoms with E-state index in [9.17, 15) is 0 Å². The van der Waals surface area contributed by atoms with Crippen molar-refractivity contribution in [3.63, 3.8) is 0 Å². The van der Waals surface area contributed by atoms with Crippen LogP contribution in [0.4, 0.5) is 17.6 Å². The zero-order valence-electron chi connectivity index (χ0n) is 9.23. The maximum absolute atomic E-state index is 5.65. The lowest BCUT2D eigenvalue weighted by atomic mass is 9.78. The van der Waals surface area contributed by atoms with Crippen LogP contribution in [0, 0.1) is 5.41 Å². The summed E-state index contributed by atoms with van der Waals surface area (Å²) >= 11 is 0. The van der Waals surface area contributed by atoms with Crippen LogP contribution < -0.4 is 16.0 Å². The van der Waals surface area contributed by atoms with Crippen LogP contribution in [0.25, 0.3) is 0 Å². The number of rotatable bonds is 2. The first-order valence-corrected chi connectivity index (χ1v) is 5.36. The summed E-state index contributed by atoms with van der Waals surface area (Å²) in [6, 6.07) is 1.92. The molecule has 6 heteroatoms. The minimum atomic E-state index is 0.313. The molecule has 0 saturated carbocycles. The standard InChI is InChI=1S/C10H15N5O/c1-12-7-2-8(14-9(11)13-7)15-3-10(4-15)5-16-6-10/h2H,3-6H2,1H3,(H3,11,12,13,14). The number of hydrogen-bond donors (Lipinski definition) is 2. The van der Waals surface area contributed by atoms with E-state index in [4.69, 9.17) is 10.5 Å². The molecule has 2 aliphatic rings. The van der Waals surface area contributed by atoms with Crippen molar-refractivity contribution < 1.29 is 4.74 Å². The maximum atomic E-state index is 5.65. The largest absolute Gasteiger partial charge is 0.380 e. The highest BCUT2D eigenvalue weighted by atomic mass is 16.5. The number of nitrogen functional groups attached to an aromatic ring is 1. The SMILES string of the molecule is CNc1cc(N2CC3(COC3)C2)nc(N)n1. The molecule has 16 heavy (non-hydrogen) atoms. The van der Waals surface area contributed by atoms with Gasteiger partial charge in [-0.25, -0.2) is 0 Å². The first-order chi connectivity index (χ1) is 7.71. The summed E-state index contributed by atoms with van der Waals surface area (Å²) in [6.45, 7) is 3.77. The van der Waals surface area contributed by atoms with Gasteiger partial charge in [-0.15, -0.1) is 0 Å². The van der Waals surface area contributed by atoms with Crippen LogP contribution in [0.5, 0.6) is 0 Å². The number of anilines is 3. The molecule has 3 N–H and O–H groups in total. The van der Waals surface area contributed by atoms with E-state index in [0.29, 0.717) is 11.4 Å². The average molecular weight is 221 g/mol. The number of nitrogens with zero attached hydrogens (tertiary/aromatic N) is 3. The quantitative estimate of drug-likeness (QED) is 0.728. The lowest BCUT2D eigenvalue weighted by Crippen LogP contribution is -2.66. The molecule has 0 unspecified atom stereocenters. The van der Waals surface area contributed by atoms with Crippen LogP contribution in [-0.2, 0) is 4.74 Å². The highest BCUT2D eigenvalue weighted by Crippen LogP contribution is 2.39. The van der Waals surface area contributed by atoms with E-state index in [0.717, 1.165) is 37.9 Å². The van der Waals surface area contributed by atoms with Crippen molar-refractivity contribution in [3.8, 4) is 0 Å². The molecule has 1 aromatic heterocycles. The normalized spacial score (nSPS) is 21.4. The minimum Gasteiger partial charge on any atom is -0.380 e. The smallest absolute Gasteiger partial charge is 0.223 e. The van der Waals surface area contributed by atoms with Gasteiger partial charge in [-0.1, -0.05) is 0 Å². The Morgan fingerprint density at radius 1 is 1.44 bits per heavy atom. The third-order valence-electron chi connectivity index (χ3n) is 3.18. The van der Waals surface area contributed by atoms with Crippen LogP contribution in [-0.4, -0.2) is 43.3 Å². The molecule has 0 aliphatic carbocycles. The van der Waals surface area contributed by atoms with Gasteiger partial charge in [-0.2, -0.15) is 9.97 Å². The first-order valence-electron chi connectivity index (χ1n) is 5.36. The molecule has 0 aromatic carbocycles. The fourth-order valence-electron chi connectivity index (χ4n) is 2.24. The first kappa shape index (κ1) is 9.65. The summed E-state index contributed by atoms with van der Waals surface area (Å²) in [5.74, 6) is 1.97. The second-order valence-electron chi connectivity index (χ2n) is 4.57. The zero-order chi connectivity index (χ0) is 11.2. The van der Waals surface area contributed by atoms with E-state index in [-0.39, 0.29) is 0 Å². The van der Waals surface area contributed by atoms with Crippen molar-refractivity contribution in [2.24, 2.45) is 5.41 Å². The fraction of sp³-hybridized carbons (Fsp3) is 0.600. The molecule has 0 amide bonds. The molecule has 0 bridgehead atoms. The number of ether oxygens (including phenoxy) is 1. The number of nitrogens with two attached hydrogens (primary N) is 1. The Hall–Kier alpha value is -1.56. The predicted molar refractivity (Wildman–Crippen MR) is 61.5 cm³/mol. The summed E-state index contributed by atoms with van der Waals surface area (Å²) in [4.78, 5) is 10.5. The summed E-state index contributed by atoms with van der Waals surface area (Å²) in [5, 5.41) is 2.98. The van der Waals surface area contributed by atoms with Crippen molar-refractivity contribution in [3.05, 3.63) is 6.07 Å². The van der Waals surface area contributed by atoms with Crippen LogP contribution in [0.1, 0.15) is 0 Å².